The first-order valence-electron chi connectivity index (χ1n) is 8.01. The van der Waals surface area contributed by atoms with Gasteiger partial charge in [0.15, 0.2) is 0 Å². The fourth-order valence-corrected chi connectivity index (χ4v) is 3.96. The van der Waals surface area contributed by atoms with Crippen molar-refractivity contribution in [2.24, 2.45) is 0 Å². The minimum Gasteiger partial charge on any atom is -0.403 e. The van der Waals surface area contributed by atoms with E-state index in [4.69, 9.17) is 4.42 Å². The van der Waals surface area contributed by atoms with E-state index in [1.807, 2.05) is 30.5 Å². The average Bonchev–Trinajstić information content (AvgIpc) is 3.34. The highest BCUT2D eigenvalue weighted by molar-refractivity contribution is 7.98. The van der Waals surface area contributed by atoms with Crippen LogP contribution in [0.3, 0.4) is 0 Å². The number of anilines is 1. The van der Waals surface area contributed by atoms with Crippen molar-refractivity contribution in [2.45, 2.75) is 4.90 Å². The Hall–Kier alpha value is -3.24. The summed E-state index contributed by atoms with van der Waals surface area (Å²) in [5.41, 5.74) is 0.736. The molecular weight excluding hydrogens is 400 g/mol. The summed E-state index contributed by atoms with van der Waals surface area (Å²) in [6.07, 6.45) is 1.97. The number of carbonyl (C=O) groups is 1. The van der Waals surface area contributed by atoms with Gasteiger partial charge in [0, 0.05) is 32.7 Å². The van der Waals surface area contributed by atoms with Gasteiger partial charge in [-0.15, -0.1) is 28.2 Å². The van der Waals surface area contributed by atoms with Gasteiger partial charge in [-0.3, -0.25) is 20.2 Å². The molecule has 0 aliphatic rings. The lowest BCUT2D eigenvalue weighted by atomic mass is 10.2. The number of fused-ring (bicyclic) bond motifs is 1. The number of nitro benzene ring substituents is 1. The summed E-state index contributed by atoms with van der Waals surface area (Å²) in [5.74, 6) is -0.116. The molecule has 4 rings (SSSR count). The summed E-state index contributed by atoms with van der Waals surface area (Å²) in [4.78, 5) is 24.3. The molecule has 0 bridgehead atoms. The number of nitrogens with zero attached hydrogens (tertiary/aromatic N) is 3. The maximum Gasteiger partial charge on any atom is 0.322 e. The van der Waals surface area contributed by atoms with Crippen LogP contribution >= 0.6 is 23.1 Å². The maximum atomic E-state index is 12.5. The molecule has 0 saturated heterocycles. The van der Waals surface area contributed by atoms with Crippen LogP contribution in [0, 0.1) is 10.1 Å². The van der Waals surface area contributed by atoms with E-state index in [9.17, 15) is 14.9 Å². The third kappa shape index (κ3) is 3.59. The molecule has 0 aliphatic heterocycles. The molecule has 0 saturated carbocycles. The largest absolute Gasteiger partial charge is 0.403 e. The van der Waals surface area contributed by atoms with Crippen molar-refractivity contribution in [3.8, 4) is 11.5 Å². The van der Waals surface area contributed by atoms with E-state index >= 15 is 0 Å². The Balaban J connectivity index is 1.54. The summed E-state index contributed by atoms with van der Waals surface area (Å²) in [6.45, 7) is 0. The Morgan fingerprint density at radius 3 is 2.86 bits per heavy atom. The normalized spacial score (nSPS) is 10.9. The lowest BCUT2D eigenvalue weighted by molar-refractivity contribution is -0.384. The topological polar surface area (TPSA) is 111 Å². The maximum absolute atomic E-state index is 12.5. The molecule has 10 heteroatoms. The van der Waals surface area contributed by atoms with Crippen LogP contribution in [0.1, 0.15) is 9.67 Å². The third-order valence-corrected chi connectivity index (χ3v) is 5.74. The molecule has 0 spiro atoms. The van der Waals surface area contributed by atoms with E-state index < -0.39 is 10.8 Å². The van der Waals surface area contributed by atoms with Crippen molar-refractivity contribution in [3.63, 3.8) is 0 Å². The van der Waals surface area contributed by atoms with E-state index in [0.29, 0.717) is 16.2 Å². The zero-order valence-corrected chi connectivity index (χ0v) is 16.0. The smallest absolute Gasteiger partial charge is 0.322 e. The van der Waals surface area contributed by atoms with Crippen LogP contribution in [0.2, 0.25) is 0 Å². The SMILES string of the molecule is CSc1cccc(-c2nnc(NC(=O)c3cc4cc([N+](=O)[O-])ccc4s3)o2)c1. The van der Waals surface area contributed by atoms with E-state index in [1.54, 1.807) is 23.9 Å². The number of hydrogen-bond acceptors (Lipinski definition) is 8. The van der Waals surface area contributed by atoms with Crippen LogP contribution in [0.4, 0.5) is 11.7 Å². The van der Waals surface area contributed by atoms with Gasteiger partial charge in [0.25, 0.3) is 11.6 Å². The summed E-state index contributed by atoms with van der Waals surface area (Å²) in [6, 6.07) is 13.7. The molecule has 28 heavy (non-hydrogen) atoms. The van der Waals surface area contributed by atoms with Gasteiger partial charge >= 0.3 is 6.01 Å². The van der Waals surface area contributed by atoms with E-state index in [-0.39, 0.29) is 11.7 Å². The number of rotatable bonds is 5. The Kier molecular flexibility index (Phi) is 4.80. The van der Waals surface area contributed by atoms with Crippen molar-refractivity contribution in [3.05, 3.63) is 63.5 Å². The predicted molar refractivity (Wildman–Crippen MR) is 108 cm³/mol. The van der Waals surface area contributed by atoms with E-state index in [1.165, 1.54) is 23.5 Å². The van der Waals surface area contributed by atoms with E-state index in [0.717, 1.165) is 15.2 Å². The third-order valence-electron chi connectivity index (χ3n) is 3.90. The highest BCUT2D eigenvalue weighted by Crippen LogP contribution is 2.30. The number of hydrogen-bond donors (Lipinski definition) is 1. The summed E-state index contributed by atoms with van der Waals surface area (Å²) < 4.78 is 6.31. The first-order chi connectivity index (χ1) is 13.5. The first-order valence-corrected chi connectivity index (χ1v) is 10.0. The number of carbonyl (C=O) groups excluding carboxylic acids is 1. The standard InChI is InChI=1S/C18H12N4O4S2/c1-27-13-4-2-3-10(8-13)17-20-21-18(26-17)19-16(23)15-9-11-7-12(22(24)25)5-6-14(11)28-15/h2-9H,1H3,(H,19,21,23). The molecule has 8 nitrogen and oxygen atoms in total. The molecule has 2 aromatic heterocycles. The van der Waals surface area contributed by atoms with Crippen LogP contribution in [0.25, 0.3) is 21.5 Å². The molecule has 1 amide bonds. The van der Waals surface area contributed by atoms with Gasteiger partial charge in [0.2, 0.25) is 5.89 Å². The second-order valence-corrected chi connectivity index (χ2v) is 7.65. The highest BCUT2D eigenvalue weighted by atomic mass is 32.2. The summed E-state index contributed by atoms with van der Waals surface area (Å²) >= 11 is 2.82. The second-order valence-electron chi connectivity index (χ2n) is 5.69. The number of thioether (sulfide) groups is 1. The Morgan fingerprint density at radius 2 is 2.07 bits per heavy atom. The monoisotopic (exact) mass is 412 g/mol. The number of nitrogens with one attached hydrogen (secondary N) is 1. The predicted octanol–water partition coefficient (Wildman–Crippen LogP) is 4.83. The number of aromatic nitrogens is 2. The number of non-ortho nitro benzene ring substituents is 1. The van der Waals surface area contributed by atoms with Crippen molar-refractivity contribution < 1.29 is 14.1 Å². The van der Waals surface area contributed by atoms with Gasteiger partial charge in [-0.2, -0.15) is 0 Å². The average molecular weight is 412 g/mol. The number of amides is 1. The van der Waals surface area contributed by atoms with Crippen LogP contribution in [-0.4, -0.2) is 27.3 Å². The van der Waals surface area contributed by atoms with Crippen molar-refractivity contribution in [1.82, 2.24) is 10.2 Å². The Morgan fingerprint density at radius 1 is 1.21 bits per heavy atom. The van der Waals surface area contributed by atoms with Gasteiger partial charge in [0.05, 0.1) is 9.80 Å². The zero-order chi connectivity index (χ0) is 19.7. The number of benzene rings is 2. The zero-order valence-electron chi connectivity index (χ0n) is 14.4. The molecule has 0 aliphatic carbocycles. The van der Waals surface area contributed by atoms with Gasteiger partial charge in [-0.05, 0) is 36.6 Å². The van der Waals surface area contributed by atoms with Gasteiger partial charge < -0.3 is 4.42 Å². The molecule has 0 fully saturated rings. The second kappa shape index (κ2) is 7.41. The molecule has 140 valence electrons. The molecule has 0 radical (unpaired) electrons. The quantitative estimate of drug-likeness (QED) is 0.284. The summed E-state index contributed by atoms with van der Waals surface area (Å²) in [5, 5.41) is 21.9. The van der Waals surface area contributed by atoms with Crippen molar-refractivity contribution in [2.75, 3.05) is 11.6 Å². The van der Waals surface area contributed by atoms with Crippen LogP contribution in [0.15, 0.2) is 57.8 Å². The van der Waals surface area contributed by atoms with E-state index in [2.05, 4.69) is 15.5 Å². The van der Waals surface area contributed by atoms with Gasteiger partial charge in [0.1, 0.15) is 0 Å². The molecule has 2 aromatic carbocycles. The first kappa shape index (κ1) is 18.1. The number of thiophene rings is 1. The van der Waals surface area contributed by atoms with Gasteiger partial charge in [-0.25, -0.2) is 0 Å². The fourth-order valence-electron chi connectivity index (χ4n) is 2.56. The summed E-state index contributed by atoms with van der Waals surface area (Å²) in [7, 11) is 0. The number of nitro groups is 1. The fraction of sp³-hybridized carbons (Fsp3) is 0.0556. The molecule has 4 aromatic rings. The van der Waals surface area contributed by atoms with Crippen molar-refractivity contribution in [1.29, 1.82) is 0 Å². The molecule has 1 N–H and O–H groups in total. The van der Waals surface area contributed by atoms with Crippen LogP contribution < -0.4 is 5.32 Å². The van der Waals surface area contributed by atoms with Gasteiger partial charge in [-0.1, -0.05) is 11.2 Å². The molecule has 0 unspecified atom stereocenters. The highest BCUT2D eigenvalue weighted by Gasteiger charge is 2.16. The lowest BCUT2D eigenvalue weighted by Crippen LogP contribution is -2.10. The van der Waals surface area contributed by atoms with Crippen LogP contribution in [0.5, 0.6) is 0 Å². The lowest BCUT2D eigenvalue weighted by Gasteiger charge is -1.99. The Labute approximate surface area is 166 Å². The van der Waals surface area contributed by atoms with Crippen molar-refractivity contribution >= 4 is 50.8 Å². The Bertz CT molecular complexity index is 1200. The molecular formula is C18H12N4O4S2. The van der Waals surface area contributed by atoms with Crippen LogP contribution in [-0.2, 0) is 0 Å². The minimum absolute atomic E-state index is 0.0157. The molecule has 0 atom stereocenters. The minimum atomic E-state index is -0.469. The molecule has 2 heterocycles.